The van der Waals surface area contributed by atoms with Gasteiger partial charge in [0.2, 0.25) is 0 Å². The molecule has 24 heavy (non-hydrogen) atoms. The van der Waals surface area contributed by atoms with Gasteiger partial charge in [0.15, 0.2) is 0 Å². The van der Waals surface area contributed by atoms with E-state index in [0.29, 0.717) is 0 Å². The second-order valence-electron chi connectivity index (χ2n) is 3.70. The molecule has 0 unspecified atom stereocenters. The number of amides is 2. The molecular weight excluding hydrogens is 495 g/mol. The van der Waals surface area contributed by atoms with E-state index in [1.54, 1.807) is 0 Å². The van der Waals surface area contributed by atoms with Gasteiger partial charge in [0.1, 0.15) is 0 Å². The maximum atomic E-state index is 13.0. The van der Waals surface area contributed by atoms with Gasteiger partial charge in [-0.3, -0.25) is 9.59 Å². The van der Waals surface area contributed by atoms with Gasteiger partial charge in [-0.15, -0.1) is 0 Å². The van der Waals surface area contributed by atoms with Crippen LogP contribution in [-0.4, -0.2) is 18.3 Å². The van der Waals surface area contributed by atoms with E-state index < -0.39 is 18.3 Å². The summed E-state index contributed by atoms with van der Waals surface area (Å²) in [6.07, 6.45) is 0. The summed E-state index contributed by atoms with van der Waals surface area (Å²) in [5, 5.41) is 2.14. The number of benzene rings is 1. The molecule has 4 nitrogen and oxygen atoms in total. The molecule has 1 aromatic carbocycles. The van der Waals surface area contributed by atoms with Crippen LogP contribution < -0.4 is 10.6 Å². The van der Waals surface area contributed by atoms with Gasteiger partial charge in [0.05, 0.1) is 21.4 Å². The first-order chi connectivity index (χ1) is 10.8. The van der Waals surface area contributed by atoms with Crippen molar-refractivity contribution in [2.45, 2.75) is 7.84 Å². The number of nitrogens with one attached hydrogen (secondary N) is 2. The maximum Gasteiger partial charge on any atom is 0.313 e. The van der Waals surface area contributed by atoms with Crippen LogP contribution in [0.3, 0.4) is 0 Å². The Bertz CT molecular complexity index is 653. The Hall–Kier alpha value is 0.460. The number of anilines is 2. The Balaban J connectivity index is 2.96. The molecule has 1 aromatic rings. The van der Waals surface area contributed by atoms with Crippen molar-refractivity contribution >= 4 is 115 Å². The van der Waals surface area contributed by atoms with E-state index in [-0.39, 0.29) is 44.9 Å². The third-order valence-corrected chi connectivity index (χ3v) is 4.64. The predicted molar refractivity (Wildman–Crippen MR) is 101 cm³/mol. The standard InChI is InChI=1S/C10H4Cl6F2N2O2S2/c11-3-1-2-4(19-7(21)23-9(13,14)17)5(12)6(3)20-8(22)24-10(15,16)18/h1-2H,(H,19,21)(H,20,22). The molecule has 0 fully saturated rings. The molecule has 1 rings (SSSR count). The van der Waals surface area contributed by atoms with Crippen LogP contribution in [0.2, 0.25) is 10.0 Å². The van der Waals surface area contributed by atoms with Gasteiger partial charge in [0, 0.05) is 23.5 Å². The predicted octanol–water partition coefficient (Wildman–Crippen LogP) is 7.64. The molecule has 0 saturated heterocycles. The Morgan fingerprint density at radius 1 is 0.917 bits per heavy atom. The van der Waals surface area contributed by atoms with Crippen molar-refractivity contribution in [3.8, 4) is 0 Å². The van der Waals surface area contributed by atoms with Gasteiger partial charge in [-0.2, -0.15) is 8.78 Å². The van der Waals surface area contributed by atoms with Crippen LogP contribution in [0.25, 0.3) is 0 Å². The number of rotatable bonds is 4. The number of halogens is 8. The van der Waals surface area contributed by atoms with E-state index in [2.05, 4.69) is 10.6 Å². The summed E-state index contributed by atoms with van der Waals surface area (Å²) >= 11 is 31.9. The van der Waals surface area contributed by atoms with Crippen LogP contribution in [0.15, 0.2) is 12.1 Å². The fraction of sp³-hybridized carbons (Fsp3) is 0.200. The SMILES string of the molecule is O=C(Nc1ccc(Cl)c(NC(=O)SC(F)(Cl)Cl)c1Cl)SC(F)(Cl)Cl. The first kappa shape index (κ1) is 22.5. The molecule has 0 radical (unpaired) electrons. The largest absolute Gasteiger partial charge is 0.315 e. The lowest BCUT2D eigenvalue weighted by molar-refractivity contribution is 0.268. The average Bonchev–Trinajstić information content (AvgIpc) is 2.33. The van der Waals surface area contributed by atoms with Gasteiger partial charge in [0.25, 0.3) is 10.5 Å². The number of hydrogen-bond donors (Lipinski definition) is 2. The number of carbonyl (C=O) groups is 2. The first-order valence-electron chi connectivity index (χ1n) is 5.40. The lowest BCUT2D eigenvalue weighted by Gasteiger charge is -2.15. The summed E-state index contributed by atoms with van der Waals surface area (Å²) in [7, 11) is 0. The highest BCUT2D eigenvalue weighted by Gasteiger charge is 2.30. The van der Waals surface area contributed by atoms with Crippen molar-refractivity contribution in [1.82, 2.24) is 0 Å². The highest BCUT2D eigenvalue weighted by molar-refractivity contribution is 8.17. The number of alkyl halides is 6. The van der Waals surface area contributed by atoms with Crippen LogP contribution in [-0.2, 0) is 0 Å². The minimum Gasteiger partial charge on any atom is -0.315 e. The van der Waals surface area contributed by atoms with E-state index in [1.807, 2.05) is 0 Å². The highest BCUT2D eigenvalue weighted by Crippen LogP contribution is 2.42. The summed E-state index contributed by atoms with van der Waals surface area (Å²) < 4.78 is 20.3. The van der Waals surface area contributed by atoms with Crippen molar-refractivity contribution < 1.29 is 18.4 Å². The van der Waals surface area contributed by atoms with E-state index in [4.69, 9.17) is 69.6 Å². The second kappa shape index (κ2) is 8.90. The molecule has 0 heterocycles. The number of hydrogen-bond acceptors (Lipinski definition) is 4. The van der Waals surface area contributed by atoms with Crippen LogP contribution >= 0.6 is 93.1 Å². The van der Waals surface area contributed by atoms with E-state index in [9.17, 15) is 18.4 Å². The molecule has 0 aliphatic rings. The molecule has 0 bridgehead atoms. The molecule has 2 amide bonds. The fourth-order valence-electron chi connectivity index (χ4n) is 1.24. The van der Waals surface area contributed by atoms with Crippen molar-refractivity contribution in [2.75, 3.05) is 10.6 Å². The molecule has 14 heteroatoms. The van der Waals surface area contributed by atoms with Crippen LogP contribution in [0.5, 0.6) is 0 Å². The molecule has 2 N–H and O–H groups in total. The van der Waals surface area contributed by atoms with E-state index in [1.165, 1.54) is 12.1 Å². The van der Waals surface area contributed by atoms with Crippen LogP contribution in [0.1, 0.15) is 0 Å². The quantitative estimate of drug-likeness (QED) is 0.419. The number of thioether (sulfide) groups is 2. The van der Waals surface area contributed by atoms with Gasteiger partial charge < -0.3 is 10.6 Å². The first-order valence-corrected chi connectivity index (χ1v) is 9.30. The zero-order valence-electron chi connectivity index (χ0n) is 10.8. The molecule has 0 atom stereocenters. The Morgan fingerprint density at radius 2 is 1.38 bits per heavy atom. The third kappa shape index (κ3) is 8.23. The van der Waals surface area contributed by atoms with Crippen LogP contribution in [0.4, 0.5) is 29.7 Å². The number of carbonyl (C=O) groups excluding carboxylic acids is 2. The smallest absolute Gasteiger partial charge is 0.313 e. The minimum atomic E-state index is -2.86. The van der Waals surface area contributed by atoms with E-state index >= 15 is 0 Å². The zero-order chi connectivity index (χ0) is 18.7. The summed E-state index contributed by atoms with van der Waals surface area (Å²) in [5.41, 5.74) is -0.195. The van der Waals surface area contributed by atoms with Crippen molar-refractivity contribution in [3.63, 3.8) is 0 Å². The molecule has 0 spiro atoms. The van der Waals surface area contributed by atoms with Gasteiger partial charge in [-0.25, -0.2) is 0 Å². The summed E-state index contributed by atoms with van der Waals surface area (Å²) in [5.74, 6) is 0. The Labute approximate surface area is 173 Å². The molecular formula is C10H4Cl6F2N2O2S2. The maximum absolute atomic E-state index is 13.0. The molecule has 0 saturated carbocycles. The summed E-state index contributed by atoms with van der Waals surface area (Å²) in [4.78, 5) is 23.2. The van der Waals surface area contributed by atoms with Crippen LogP contribution in [0, 0.1) is 0 Å². The molecule has 0 aliphatic heterocycles. The normalized spacial score (nSPS) is 12.0. The molecule has 0 aromatic heterocycles. The average molecular weight is 499 g/mol. The monoisotopic (exact) mass is 496 g/mol. The van der Waals surface area contributed by atoms with Gasteiger partial charge in [-0.1, -0.05) is 69.6 Å². The summed E-state index contributed by atoms with van der Waals surface area (Å²) in [6, 6.07) is 2.54. The molecule has 134 valence electrons. The highest BCUT2D eigenvalue weighted by atomic mass is 35.5. The topological polar surface area (TPSA) is 58.2 Å². The van der Waals surface area contributed by atoms with Gasteiger partial charge in [-0.05, 0) is 12.1 Å². The minimum absolute atomic E-state index is 0.0252. The fourth-order valence-corrected chi connectivity index (χ4v) is 3.32. The van der Waals surface area contributed by atoms with Gasteiger partial charge >= 0.3 is 7.84 Å². The molecule has 0 aliphatic carbocycles. The van der Waals surface area contributed by atoms with Crippen molar-refractivity contribution in [3.05, 3.63) is 22.2 Å². The third-order valence-electron chi connectivity index (χ3n) is 1.97. The summed E-state index contributed by atoms with van der Waals surface area (Å²) in [6.45, 7) is 0. The lowest BCUT2D eigenvalue weighted by atomic mass is 10.2. The van der Waals surface area contributed by atoms with E-state index in [0.717, 1.165) is 0 Å². The second-order valence-corrected chi connectivity index (χ2v) is 10.1. The Kier molecular flexibility index (Phi) is 8.35. The van der Waals surface area contributed by atoms with Crippen molar-refractivity contribution in [1.29, 1.82) is 0 Å². The lowest BCUT2D eigenvalue weighted by Crippen LogP contribution is -2.14. The van der Waals surface area contributed by atoms with Crippen molar-refractivity contribution in [2.24, 2.45) is 0 Å². The Morgan fingerprint density at radius 3 is 1.83 bits per heavy atom. The zero-order valence-corrected chi connectivity index (χ0v) is 17.0.